The van der Waals surface area contributed by atoms with E-state index in [9.17, 15) is 9.59 Å². The predicted molar refractivity (Wildman–Crippen MR) is 111 cm³/mol. The van der Waals surface area contributed by atoms with Gasteiger partial charge in [-0.3, -0.25) is 9.59 Å². The number of carbonyl (C=O) groups excluding carboxylic acids is 1. The molecule has 146 valence electrons. The quantitative estimate of drug-likeness (QED) is 0.735. The first-order chi connectivity index (χ1) is 13.4. The largest absolute Gasteiger partial charge is 0.346 e. The van der Waals surface area contributed by atoms with Gasteiger partial charge in [0.1, 0.15) is 0 Å². The third kappa shape index (κ3) is 3.64. The van der Waals surface area contributed by atoms with Crippen molar-refractivity contribution in [1.82, 2.24) is 14.6 Å². The molecule has 2 aromatic heterocycles. The van der Waals surface area contributed by atoms with Crippen molar-refractivity contribution < 1.29 is 4.79 Å². The summed E-state index contributed by atoms with van der Waals surface area (Å²) >= 11 is 1.39. The van der Waals surface area contributed by atoms with Crippen LogP contribution in [0.4, 0.5) is 10.8 Å². The zero-order valence-corrected chi connectivity index (χ0v) is 17.0. The van der Waals surface area contributed by atoms with Crippen molar-refractivity contribution in [3.8, 4) is 0 Å². The summed E-state index contributed by atoms with van der Waals surface area (Å²) < 4.78 is 1.34. The second-order valence-electron chi connectivity index (χ2n) is 7.41. The average Bonchev–Trinajstić information content (AvgIpc) is 3.09. The number of benzene rings is 1. The molecule has 0 saturated carbocycles. The minimum Gasteiger partial charge on any atom is -0.346 e. The lowest BCUT2D eigenvalue weighted by atomic mass is 9.97. The molecule has 4 rings (SSSR count). The molecule has 0 spiro atoms. The number of nitrogens with zero attached hydrogens (tertiary/aromatic N) is 4. The van der Waals surface area contributed by atoms with E-state index in [4.69, 9.17) is 0 Å². The second-order valence-corrected chi connectivity index (χ2v) is 8.34. The summed E-state index contributed by atoms with van der Waals surface area (Å²) in [6.07, 6.45) is 1.75. The number of aromatic nitrogens is 3. The summed E-state index contributed by atoms with van der Waals surface area (Å²) in [5.41, 5.74) is 3.55. The maximum Gasteiger partial charge on any atom is 0.275 e. The molecule has 1 amide bonds. The Hall–Kier alpha value is -2.74. The third-order valence-electron chi connectivity index (χ3n) is 5.08. The lowest BCUT2D eigenvalue weighted by molar-refractivity contribution is -0.120. The van der Waals surface area contributed by atoms with E-state index in [1.54, 1.807) is 6.92 Å². The summed E-state index contributed by atoms with van der Waals surface area (Å²) in [6.45, 7) is 7.22. The van der Waals surface area contributed by atoms with Crippen LogP contribution >= 0.6 is 11.3 Å². The maximum atomic E-state index is 12.9. The fourth-order valence-corrected chi connectivity index (χ4v) is 4.50. The SMILES string of the molecule is Cc1ccc(C)c(NC(=O)[C@@H]2CCCN(c3nn4c(=O)cc(C)nc4s3)C2)c1. The Morgan fingerprint density at radius 2 is 2.07 bits per heavy atom. The van der Waals surface area contributed by atoms with Crippen LogP contribution in [0.3, 0.4) is 0 Å². The van der Waals surface area contributed by atoms with Crippen molar-refractivity contribution in [1.29, 1.82) is 0 Å². The molecular weight excluding hydrogens is 374 g/mol. The molecule has 0 bridgehead atoms. The molecule has 0 radical (unpaired) electrons. The van der Waals surface area contributed by atoms with Crippen LogP contribution in [-0.4, -0.2) is 33.6 Å². The van der Waals surface area contributed by atoms with E-state index >= 15 is 0 Å². The summed E-state index contributed by atoms with van der Waals surface area (Å²) in [4.78, 5) is 32.0. The fraction of sp³-hybridized carbons (Fsp3) is 0.400. The number of anilines is 2. The standard InChI is InChI=1S/C20H23N5O2S/c1-12-6-7-13(2)16(9-12)22-18(27)15-5-4-8-24(11-15)20-23-25-17(26)10-14(3)21-19(25)28-20/h6-7,9-10,15H,4-5,8,11H2,1-3H3,(H,22,27)/t15-/m1/s1. The normalized spacial score (nSPS) is 17.1. The van der Waals surface area contributed by atoms with Gasteiger partial charge in [-0.25, -0.2) is 4.98 Å². The van der Waals surface area contributed by atoms with Crippen LogP contribution in [0.1, 0.15) is 29.7 Å². The van der Waals surface area contributed by atoms with Crippen LogP contribution in [-0.2, 0) is 4.79 Å². The number of carbonyl (C=O) groups is 1. The van der Waals surface area contributed by atoms with Gasteiger partial charge in [0.05, 0.1) is 5.92 Å². The van der Waals surface area contributed by atoms with Crippen molar-refractivity contribution in [3.05, 3.63) is 51.4 Å². The Balaban J connectivity index is 1.53. The summed E-state index contributed by atoms with van der Waals surface area (Å²) in [7, 11) is 0. The highest BCUT2D eigenvalue weighted by Crippen LogP contribution is 2.28. The van der Waals surface area contributed by atoms with Gasteiger partial charge in [0.25, 0.3) is 5.56 Å². The Bertz CT molecular complexity index is 1100. The topological polar surface area (TPSA) is 79.6 Å². The molecule has 0 unspecified atom stereocenters. The molecule has 1 fully saturated rings. The van der Waals surface area contributed by atoms with Crippen molar-refractivity contribution in [2.75, 3.05) is 23.3 Å². The van der Waals surface area contributed by atoms with Gasteiger partial charge in [-0.1, -0.05) is 23.5 Å². The van der Waals surface area contributed by atoms with Gasteiger partial charge in [0.15, 0.2) is 0 Å². The average molecular weight is 398 g/mol. The van der Waals surface area contributed by atoms with Gasteiger partial charge < -0.3 is 10.2 Å². The number of aryl methyl sites for hydroxylation is 3. The monoisotopic (exact) mass is 397 g/mol. The number of hydrogen-bond acceptors (Lipinski definition) is 6. The highest BCUT2D eigenvalue weighted by Gasteiger charge is 2.28. The molecule has 0 aliphatic carbocycles. The van der Waals surface area contributed by atoms with Crippen LogP contribution in [0.25, 0.3) is 4.96 Å². The van der Waals surface area contributed by atoms with Crippen LogP contribution in [0.2, 0.25) is 0 Å². The van der Waals surface area contributed by atoms with Crippen molar-refractivity contribution in [2.24, 2.45) is 5.92 Å². The molecule has 3 aromatic rings. The summed E-state index contributed by atoms with van der Waals surface area (Å²) in [5, 5.41) is 8.26. The van der Waals surface area contributed by atoms with E-state index < -0.39 is 0 Å². The molecule has 1 atom stereocenters. The van der Waals surface area contributed by atoms with Gasteiger partial charge in [-0.15, -0.1) is 5.10 Å². The van der Waals surface area contributed by atoms with Crippen LogP contribution < -0.4 is 15.8 Å². The first-order valence-corrected chi connectivity index (χ1v) is 10.2. The highest BCUT2D eigenvalue weighted by atomic mass is 32.1. The molecule has 1 aromatic carbocycles. The maximum absolute atomic E-state index is 12.9. The molecular formula is C20H23N5O2S. The molecule has 1 aliphatic heterocycles. The number of fused-ring (bicyclic) bond motifs is 1. The van der Waals surface area contributed by atoms with Gasteiger partial charge in [-0.2, -0.15) is 4.52 Å². The number of piperidine rings is 1. The van der Waals surface area contributed by atoms with Gasteiger partial charge >= 0.3 is 0 Å². The Morgan fingerprint density at radius 3 is 2.89 bits per heavy atom. The second kappa shape index (κ2) is 7.35. The Morgan fingerprint density at radius 1 is 1.25 bits per heavy atom. The Labute approximate surface area is 167 Å². The smallest absolute Gasteiger partial charge is 0.275 e. The number of hydrogen-bond donors (Lipinski definition) is 1. The van der Waals surface area contributed by atoms with Gasteiger partial charge in [0, 0.05) is 30.5 Å². The Kier molecular flexibility index (Phi) is 4.89. The van der Waals surface area contributed by atoms with Crippen LogP contribution in [0.15, 0.2) is 29.1 Å². The zero-order valence-electron chi connectivity index (χ0n) is 16.2. The third-order valence-corrected chi connectivity index (χ3v) is 6.05. The molecule has 28 heavy (non-hydrogen) atoms. The van der Waals surface area contributed by atoms with Gasteiger partial charge in [-0.05, 0) is 50.8 Å². The lowest BCUT2D eigenvalue weighted by Crippen LogP contribution is -2.41. The molecule has 1 aliphatic rings. The first-order valence-electron chi connectivity index (χ1n) is 9.41. The number of rotatable bonds is 3. The first kappa shape index (κ1) is 18.6. The van der Waals surface area contributed by atoms with Crippen LogP contribution in [0, 0.1) is 26.7 Å². The van der Waals surface area contributed by atoms with E-state index in [1.807, 2.05) is 32.0 Å². The number of nitrogens with one attached hydrogen (secondary N) is 1. The van der Waals surface area contributed by atoms with E-state index in [0.29, 0.717) is 17.2 Å². The van der Waals surface area contributed by atoms with Crippen molar-refractivity contribution >= 4 is 33.0 Å². The van der Waals surface area contributed by atoms with E-state index in [-0.39, 0.29) is 17.4 Å². The van der Waals surface area contributed by atoms with Gasteiger partial charge in [0.2, 0.25) is 16.0 Å². The summed E-state index contributed by atoms with van der Waals surface area (Å²) in [6, 6.07) is 7.54. The van der Waals surface area contributed by atoms with Crippen molar-refractivity contribution in [2.45, 2.75) is 33.6 Å². The minimum atomic E-state index is -0.175. The summed E-state index contributed by atoms with van der Waals surface area (Å²) in [5.74, 6) is -0.0854. The predicted octanol–water partition coefficient (Wildman–Crippen LogP) is 2.93. The number of amides is 1. The molecule has 3 heterocycles. The zero-order chi connectivity index (χ0) is 19.8. The molecule has 8 heteroatoms. The minimum absolute atomic E-state index is 0.0330. The van der Waals surface area contributed by atoms with Crippen LogP contribution in [0.5, 0.6) is 0 Å². The molecule has 7 nitrogen and oxygen atoms in total. The molecule has 1 saturated heterocycles. The fourth-order valence-electron chi connectivity index (χ4n) is 3.51. The van der Waals surface area contributed by atoms with E-state index in [2.05, 4.69) is 20.3 Å². The van der Waals surface area contributed by atoms with E-state index in [1.165, 1.54) is 21.9 Å². The molecule has 1 N–H and O–H groups in total. The lowest BCUT2D eigenvalue weighted by Gasteiger charge is -2.31. The van der Waals surface area contributed by atoms with E-state index in [0.717, 1.165) is 41.3 Å². The van der Waals surface area contributed by atoms with Crippen molar-refractivity contribution in [3.63, 3.8) is 0 Å². The highest BCUT2D eigenvalue weighted by molar-refractivity contribution is 7.20.